The summed E-state index contributed by atoms with van der Waals surface area (Å²) in [6, 6.07) is 5.67. The molecule has 0 bridgehead atoms. The maximum absolute atomic E-state index is 12.3. The highest BCUT2D eigenvalue weighted by Crippen LogP contribution is 2.32. The molecule has 1 spiro atoms. The van der Waals surface area contributed by atoms with E-state index >= 15 is 0 Å². The molecular weight excluding hydrogens is 344 g/mol. The lowest BCUT2D eigenvalue weighted by Crippen LogP contribution is -2.48. The van der Waals surface area contributed by atoms with E-state index in [1.54, 1.807) is 14.2 Å². The van der Waals surface area contributed by atoms with Gasteiger partial charge in [0, 0.05) is 19.6 Å². The first-order valence-corrected chi connectivity index (χ1v) is 9.56. The second-order valence-electron chi connectivity index (χ2n) is 7.40. The molecule has 0 aliphatic carbocycles. The summed E-state index contributed by atoms with van der Waals surface area (Å²) in [5, 5.41) is 2.99. The van der Waals surface area contributed by atoms with Crippen molar-refractivity contribution < 1.29 is 19.0 Å². The van der Waals surface area contributed by atoms with Gasteiger partial charge >= 0.3 is 0 Å². The summed E-state index contributed by atoms with van der Waals surface area (Å²) in [7, 11) is 3.22. The van der Waals surface area contributed by atoms with E-state index in [1.165, 1.54) is 5.57 Å². The van der Waals surface area contributed by atoms with E-state index < -0.39 is 0 Å². The van der Waals surface area contributed by atoms with Crippen molar-refractivity contribution >= 4 is 5.91 Å². The van der Waals surface area contributed by atoms with Gasteiger partial charge in [-0.05, 0) is 43.9 Å². The monoisotopic (exact) mass is 374 g/mol. The zero-order valence-corrected chi connectivity index (χ0v) is 16.5. The molecule has 6 nitrogen and oxygen atoms in total. The third kappa shape index (κ3) is 5.02. The Kier molecular flexibility index (Phi) is 6.39. The molecule has 2 aliphatic heterocycles. The molecule has 0 saturated carbocycles. The summed E-state index contributed by atoms with van der Waals surface area (Å²) >= 11 is 0. The largest absolute Gasteiger partial charge is 0.493 e. The number of nitrogens with one attached hydrogen (secondary N) is 1. The summed E-state index contributed by atoms with van der Waals surface area (Å²) in [5.41, 5.74) is 2.30. The molecule has 1 saturated heterocycles. The number of likely N-dealkylation sites (tertiary alicyclic amines) is 1. The number of carbonyl (C=O) groups is 1. The van der Waals surface area contributed by atoms with Crippen LogP contribution in [0, 0.1) is 0 Å². The number of methoxy groups -OCH3 is 2. The fraction of sp³-hybridized carbons (Fsp3) is 0.571. The number of hydrogen-bond acceptors (Lipinski definition) is 5. The topological polar surface area (TPSA) is 60.0 Å². The van der Waals surface area contributed by atoms with Crippen molar-refractivity contribution in [3.05, 3.63) is 35.4 Å². The van der Waals surface area contributed by atoms with E-state index in [9.17, 15) is 4.79 Å². The lowest BCUT2D eigenvalue weighted by molar-refractivity contribution is -0.124. The second-order valence-corrected chi connectivity index (χ2v) is 7.40. The Bertz CT molecular complexity index is 693. The van der Waals surface area contributed by atoms with E-state index in [4.69, 9.17) is 14.2 Å². The molecule has 1 aromatic carbocycles. The van der Waals surface area contributed by atoms with E-state index in [0.717, 1.165) is 44.5 Å². The van der Waals surface area contributed by atoms with Crippen LogP contribution < -0.4 is 14.8 Å². The molecule has 0 radical (unpaired) electrons. The average molecular weight is 374 g/mol. The first-order chi connectivity index (χ1) is 13.0. The van der Waals surface area contributed by atoms with Crippen LogP contribution in [0.15, 0.2) is 29.8 Å². The number of hydrogen-bond donors (Lipinski definition) is 1. The SMILES string of the molecule is COc1ccc(CNC(=O)CN2CCC3(C=C(C)CCO3)CC2)cc1OC. The number of amides is 1. The average Bonchev–Trinajstić information content (AvgIpc) is 2.68. The molecule has 2 aliphatic rings. The van der Waals surface area contributed by atoms with Gasteiger partial charge in [-0.25, -0.2) is 0 Å². The molecule has 27 heavy (non-hydrogen) atoms. The van der Waals surface area contributed by atoms with Crippen molar-refractivity contribution in [1.82, 2.24) is 10.2 Å². The zero-order valence-electron chi connectivity index (χ0n) is 16.5. The normalized spacial score (nSPS) is 19.4. The maximum Gasteiger partial charge on any atom is 0.234 e. The molecule has 2 heterocycles. The van der Waals surface area contributed by atoms with Gasteiger partial charge in [-0.1, -0.05) is 17.7 Å². The predicted octanol–water partition coefficient (Wildman–Crippen LogP) is 2.52. The summed E-state index contributed by atoms with van der Waals surface area (Å²) in [6.07, 6.45) is 5.23. The fourth-order valence-corrected chi connectivity index (χ4v) is 3.81. The first-order valence-electron chi connectivity index (χ1n) is 9.56. The highest BCUT2D eigenvalue weighted by atomic mass is 16.5. The summed E-state index contributed by atoms with van der Waals surface area (Å²) in [4.78, 5) is 14.5. The van der Waals surface area contributed by atoms with Gasteiger partial charge in [0.25, 0.3) is 0 Å². The Labute approximate surface area is 161 Å². The Morgan fingerprint density at radius 1 is 1.22 bits per heavy atom. The van der Waals surface area contributed by atoms with Crippen molar-refractivity contribution in [2.24, 2.45) is 0 Å². The third-order valence-corrected chi connectivity index (χ3v) is 5.40. The van der Waals surface area contributed by atoms with E-state index in [2.05, 4.69) is 23.2 Å². The number of carbonyl (C=O) groups excluding carboxylic acids is 1. The van der Waals surface area contributed by atoms with Gasteiger partial charge in [0.05, 0.1) is 33.0 Å². The van der Waals surface area contributed by atoms with Crippen LogP contribution in [-0.4, -0.2) is 56.9 Å². The molecule has 1 aromatic rings. The predicted molar refractivity (Wildman–Crippen MR) is 104 cm³/mol. The van der Waals surface area contributed by atoms with Gasteiger partial charge in [-0.15, -0.1) is 0 Å². The first kappa shape index (κ1) is 19.7. The Morgan fingerprint density at radius 2 is 1.96 bits per heavy atom. The van der Waals surface area contributed by atoms with Gasteiger partial charge < -0.3 is 19.5 Å². The van der Waals surface area contributed by atoms with E-state index in [0.29, 0.717) is 24.6 Å². The maximum atomic E-state index is 12.3. The van der Waals surface area contributed by atoms with Crippen LogP contribution in [0.5, 0.6) is 11.5 Å². The molecule has 1 N–H and O–H groups in total. The number of nitrogens with zero attached hydrogens (tertiary/aromatic N) is 1. The van der Waals surface area contributed by atoms with Gasteiger partial charge in [0.1, 0.15) is 0 Å². The van der Waals surface area contributed by atoms with Gasteiger partial charge in [-0.2, -0.15) is 0 Å². The van der Waals surface area contributed by atoms with Crippen LogP contribution >= 0.6 is 0 Å². The van der Waals surface area contributed by atoms with E-state index in [1.807, 2.05) is 18.2 Å². The van der Waals surface area contributed by atoms with Crippen molar-refractivity contribution in [3.8, 4) is 11.5 Å². The number of rotatable bonds is 6. The number of ether oxygens (including phenoxy) is 3. The lowest BCUT2D eigenvalue weighted by atomic mass is 9.87. The van der Waals surface area contributed by atoms with Crippen molar-refractivity contribution in [1.29, 1.82) is 0 Å². The lowest BCUT2D eigenvalue weighted by Gasteiger charge is -2.42. The van der Waals surface area contributed by atoms with Crippen molar-refractivity contribution in [2.75, 3.05) is 40.5 Å². The number of piperidine rings is 1. The van der Waals surface area contributed by atoms with Crippen molar-refractivity contribution in [2.45, 2.75) is 38.3 Å². The quantitative estimate of drug-likeness (QED) is 0.776. The molecule has 0 atom stereocenters. The highest BCUT2D eigenvalue weighted by molar-refractivity contribution is 5.78. The molecule has 0 unspecified atom stereocenters. The highest BCUT2D eigenvalue weighted by Gasteiger charge is 2.35. The van der Waals surface area contributed by atoms with Gasteiger partial charge in [0.15, 0.2) is 11.5 Å². The molecule has 148 valence electrons. The standard InChI is InChI=1S/C21H30N2O4/c1-16-6-11-27-21(13-16)7-9-23(10-8-21)15-20(24)22-14-17-4-5-18(25-2)19(12-17)26-3/h4-5,12-13H,6-11,14-15H2,1-3H3,(H,22,24). The van der Waals surface area contributed by atoms with Gasteiger partial charge in [-0.3, -0.25) is 9.69 Å². The van der Waals surface area contributed by atoms with Gasteiger partial charge in [0.2, 0.25) is 5.91 Å². The van der Waals surface area contributed by atoms with Crippen LogP contribution in [0.2, 0.25) is 0 Å². The summed E-state index contributed by atoms with van der Waals surface area (Å²) in [6.45, 7) is 5.65. The molecule has 6 heteroatoms. The van der Waals surface area contributed by atoms with Crippen LogP contribution in [0.4, 0.5) is 0 Å². The fourth-order valence-electron chi connectivity index (χ4n) is 3.81. The minimum absolute atomic E-state index is 0.0389. The Morgan fingerprint density at radius 3 is 2.63 bits per heavy atom. The third-order valence-electron chi connectivity index (χ3n) is 5.40. The van der Waals surface area contributed by atoms with Crippen LogP contribution in [0.1, 0.15) is 31.7 Å². The second kappa shape index (κ2) is 8.76. The minimum atomic E-state index is -0.102. The Hall–Kier alpha value is -2.05. The van der Waals surface area contributed by atoms with E-state index in [-0.39, 0.29) is 11.5 Å². The Balaban J connectivity index is 1.46. The van der Waals surface area contributed by atoms with Crippen molar-refractivity contribution in [3.63, 3.8) is 0 Å². The van der Waals surface area contributed by atoms with Crippen LogP contribution in [0.3, 0.4) is 0 Å². The molecule has 1 fully saturated rings. The zero-order chi connectivity index (χ0) is 19.3. The smallest absolute Gasteiger partial charge is 0.234 e. The molecule has 1 amide bonds. The minimum Gasteiger partial charge on any atom is -0.493 e. The van der Waals surface area contributed by atoms with Crippen LogP contribution in [0.25, 0.3) is 0 Å². The summed E-state index contributed by atoms with van der Waals surface area (Å²) in [5.74, 6) is 1.39. The summed E-state index contributed by atoms with van der Waals surface area (Å²) < 4.78 is 16.6. The molecule has 0 aromatic heterocycles. The number of benzene rings is 1. The van der Waals surface area contributed by atoms with Crippen LogP contribution in [-0.2, 0) is 16.1 Å². The molecular formula is C21H30N2O4. The molecule has 3 rings (SSSR count).